The van der Waals surface area contributed by atoms with Gasteiger partial charge in [0.15, 0.2) is 5.82 Å². The highest BCUT2D eigenvalue weighted by atomic mass is 32.2. The summed E-state index contributed by atoms with van der Waals surface area (Å²) in [5, 5.41) is 8.71. The summed E-state index contributed by atoms with van der Waals surface area (Å²) in [6.45, 7) is 9.01. The minimum Gasteiger partial charge on any atom is -0.465 e. The normalized spacial score (nSPS) is 11.5. The summed E-state index contributed by atoms with van der Waals surface area (Å²) in [5.41, 5.74) is 2.22. The highest BCUT2D eigenvalue weighted by Gasteiger charge is 2.16. The van der Waals surface area contributed by atoms with Gasteiger partial charge in [0, 0.05) is 5.56 Å². The number of nitrogen functional groups attached to an aromatic ring is 1. The molecule has 0 spiro atoms. The van der Waals surface area contributed by atoms with Crippen LogP contribution in [-0.4, -0.2) is 33.2 Å². The van der Waals surface area contributed by atoms with Crippen molar-refractivity contribution in [3.63, 3.8) is 0 Å². The number of carbonyl (C=O) groups is 1. The van der Waals surface area contributed by atoms with Crippen molar-refractivity contribution < 1.29 is 9.53 Å². The van der Waals surface area contributed by atoms with Crippen molar-refractivity contribution in [2.24, 2.45) is 0 Å². The molecule has 1 heterocycles. The predicted octanol–water partition coefficient (Wildman–Crippen LogP) is 3.39. The third kappa shape index (κ3) is 5.22. The number of ether oxygens (including phenoxy) is 1. The maximum Gasteiger partial charge on any atom is 0.316 e. The first kappa shape index (κ1) is 19.3. The summed E-state index contributed by atoms with van der Waals surface area (Å²) in [7, 11) is 0. The predicted molar refractivity (Wildman–Crippen MR) is 101 cm³/mol. The summed E-state index contributed by atoms with van der Waals surface area (Å²) in [5.74, 6) is 6.56. The Morgan fingerprint density at radius 3 is 2.52 bits per heavy atom. The highest BCUT2D eigenvalue weighted by molar-refractivity contribution is 7.99. The van der Waals surface area contributed by atoms with Crippen molar-refractivity contribution in [3.8, 4) is 11.4 Å². The highest BCUT2D eigenvalue weighted by Crippen LogP contribution is 2.26. The lowest BCUT2D eigenvalue weighted by Gasteiger charge is -2.19. The van der Waals surface area contributed by atoms with Crippen molar-refractivity contribution >= 4 is 17.7 Å². The van der Waals surface area contributed by atoms with E-state index >= 15 is 0 Å². The molecule has 0 atom stereocenters. The standard InChI is InChI=1S/C18H26N4O2S/c1-5-6-11-24-15(23)12-25-17-21-20-16(22(17)19)13-7-9-14(10-8-13)18(2,3)4/h7-10H,5-6,11-12,19H2,1-4H3. The lowest BCUT2D eigenvalue weighted by Crippen LogP contribution is -2.14. The van der Waals surface area contributed by atoms with Gasteiger partial charge < -0.3 is 10.6 Å². The topological polar surface area (TPSA) is 83.0 Å². The zero-order chi connectivity index (χ0) is 18.4. The van der Waals surface area contributed by atoms with Gasteiger partial charge in [-0.2, -0.15) is 0 Å². The molecule has 0 aliphatic rings. The number of nitrogens with zero attached hydrogens (tertiary/aromatic N) is 3. The number of unbranched alkanes of at least 4 members (excludes halogenated alkanes) is 1. The van der Waals surface area contributed by atoms with Gasteiger partial charge in [0.2, 0.25) is 5.16 Å². The molecule has 0 aliphatic heterocycles. The van der Waals surface area contributed by atoms with Crippen LogP contribution in [0.1, 0.15) is 46.1 Å². The van der Waals surface area contributed by atoms with Gasteiger partial charge in [-0.3, -0.25) is 4.79 Å². The fourth-order valence-electron chi connectivity index (χ4n) is 2.19. The van der Waals surface area contributed by atoms with Crippen molar-refractivity contribution in [1.29, 1.82) is 0 Å². The molecule has 25 heavy (non-hydrogen) atoms. The molecule has 1 aromatic carbocycles. The third-order valence-electron chi connectivity index (χ3n) is 3.75. The fourth-order valence-corrected chi connectivity index (χ4v) is 2.84. The van der Waals surface area contributed by atoms with Crippen LogP contribution in [0.4, 0.5) is 0 Å². The van der Waals surface area contributed by atoms with Gasteiger partial charge in [-0.05, 0) is 17.4 Å². The Labute approximate surface area is 153 Å². The molecule has 6 nitrogen and oxygen atoms in total. The number of benzene rings is 1. The molecule has 0 fully saturated rings. The van der Waals surface area contributed by atoms with E-state index in [-0.39, 0.29) is 17.1 Å². The number of carbonyl (C=O) groups excluding carboxylic acids is 1. The van der Waals surface area contributed by atoms with E-state index < -0.39 is 0 Å². The maximum atomic E-state index is 11.7. The summed E-state index contributed by atoms with van der Waals surface area (Å²) >= 11 is 1.23. The number of hydrogen-bond acceptors (Lipinski definition) is 6. The van der Waals surface area contributed by atoms with E-state index in [4.69, 9.17) is 10.6 Å². The molecule has 0 radical (unpaired) electrons. The molecule has 1 aromatic heterocycles. The van der Waals surface area contributed by atoms with Crippen molar-refractivity contribution in [2.45, 2.75) is 51.1 Å². The van der Waals surface area contributed by atoms with Crippen LogP contribution in [0.3, 0.4) is 0 Å². The molecular formula is C18H26N4O2S. The van der Waals surface area contributed by atoms with Gasteiger partial charge in [0.05, 0.1) is 12.4 Å². The van der Waals surface area contributed by atoms with Crippen LogP contribution in [0, 0.1) is 0 Å². The molecule has 0 saturated heterocycles. The van der Waals surface area contributed by atoms with E-state index in [0.717, 1.165) is 18.4 Å². The van der Waals surface area contributed by atoms with Gasteiger partial charge in [0.25, 0.3) is 0 Å². The van der Waals surface area contributed by atoms with E-state index in [9.17, 15) is 4.79 Å². The van der Waals surface area contributed by atoms with Gasteiger partial charge in [-0.15, -0.1) is 10.2 Å². The minimum absolute atomic E-state index is 0.0913. The van der Waals surface area contributed by atoms with Crippen molar-refractivity contribution in [3.05, 3.63) is 29.8 Å². The Hall–Kier alpha value is -2.02. The Bertz CT molecular complexity index is 705. The molecule has 2 aromatic rings. The second-order valence-corrected chi connectivity index (χ2v) is 7.81. The number of hydrogen-bond donors (Lipinski definition) is 1. The van der Waals surface area contributed by atoms with Crippen LogP contribution in [0.25, 0.3) is 11.4 Å². The third-order valence-corrected chi connectivity index (χ3v) is 4.67. The van der Waals surface area contributed by atoms with Crippen LogP contribution in [0.5, 0.6) is 0 Å². The average molecular weight is 362 g/mol. The first-order chi connectivity index (χ1) is 11.8. The first-order valence-electron chi connectivity index (χ1n) is 8.42. The maximum absolute atomic E-state index is 11.7. The summed E-state index contributed by atoms with van der Waals surface area (Å²) in [4.78, 5) is 11.7. The molecule has 2 rings (SSSR count). The van der Waals surface area contributed by atoms with E-state index in [1.807, 2.05) is 12.1 Å². The lowest BCUT2D eigenvalue weighted by atomic mass is 9.87. The molecule has 0 unspecified atom stereocenters. The summed E-state index contributed by atoms with van der Waals surface area (Å²) in [6.07, 6.45) is 1.87. The molecule has 0 aliphatic carbocycles. The monoisotopic (exact) mass is 362 g/mol. The Balaban J connectivity index is 2.02. The van der Waals surface area contributed by atoms with Crippen LogP contribution >= 0.6 is 11.8 Å². The second kappa shape index (κ2) is 8.38. The summed E-state index contributed by atoms with van der Waals surface area (Å²) in [6, 6.07) is 8.12. The van der Waals surface area contributed by atoms with E-state index in [2.05, 4.69) is 50.0 Å². The number of esters is 1. The molecule has 0 saturated carbocycles. The molecule has 0 amide bonds. The van der Waals surface area contributed by atoms with Gasteiger partial charge in [0.1, 0.15) is 0 Å². The average Bonchev–Trinajstić information content (AvgIpc) is 2.93. The number of rotatable bonds is 7. The molecule has 0 bridgehead atoms. The molecular weight excluding hydrogens is 336 g/mol. The van der Waals surface area contributed by atoms with Crippen molar-refractivity contribution in [2.75, 3.05) is 18.2 Å². The van der Waals surface area contributed by atoms with Crippen LogP contribution < -0.4 is 5.84 Å². The fraction of sp³-hybridized carbons (Fsp3) is 0.500. The van der Waals surface area contributed by atoms with Gasteiger partial charge in [-0.1, -0.05) is 70.1 Å². The molecule has 7 heteroatoms. The smallest absolute Gasteiger partial charge is 0.316 e. The quantitative estimate of drug-likeness (QED) is 0.352. The zero-order valence-electron chi connectivity index (χ0n) is 15.3. The van der Waals surface area contributed by atoms with Gasteiger partial charge >= 0.3 is 5.97 Å². The molecule has 136 valence electrons. The van der Waals surface area contributed by atoms with E-state index in [1.165, 1.54) is 22.0 Å². The second-order valence-electron chi connectivity index (χ2n) is 6.87. The largest absolute Gasteiger partial charge is 0.465 e. The Morgan fingerprint density at radius 1 is 1.24 bits per heavy atom. The number of aromatic nitrogens is 3. The molecule has 2 N–H and O–H groups in total. The number of nitrogens with two attached hydrogens (primary N) is 1. The Kier molecular flexibility index (Phi) is 6.47. The lowest BCUT2D eigenvalue weighted by molar-refractivity contribution is -0.140. The minimum atomic E-state index is -0.266. The van der Waals surface area contributed by atoms with E-state index in [1.54, 1.807) is 0 Å². The first-order valence-corrected chi connectivity index (χ1v) is 9.41. The Morgan fingerprint density at radius 2 is 1.92 bits per heavy atom. The van der Waals surface area contributed by atoms with Crippen LogP contribution in [0.2, 0.25) is 0 Å². The van der Waals surface area contributed by atoms with Crippen LogP contribution in [0.15, 0.2) is 29.4 Å². The van der Waals surface area contributed by atoms with E-state index in [0.29, 0.717) is 17.6 Å². The van der Waals surface area contributed by atoms with Crippen molar-refractivity contribution in [1.82, 2.24) is 14.9 Å². The SMILES string of the molecule is CCCCOC(=O)CSc1nnc(-c2ccc(C(C)(C)C)cc2)n1N. The summed E-state index contributed by atoms with van der Waals surface area (Å²) < 4.78 is 6.54. The van der Waals surface area contributed by atoms with Gasteiger partial charge in [-0.25, -0.2) is 4.68 Å². The number of thioether (sulfide) groups is 1. The zero-order valence-corrected chi connectivity index (χ0v) is 16.1. The van der Waals surface area contributed by atoms with Crippen LogP contribution in [-0.2, 0) is 14.9 Å².